The summed E-state index contributed by atoms with van der Waals surface area (Å²) in [5.74, 6) is 0.696. The smallest absolute Gasteiger partial charge is 0.124 e. The fourth-order valence-electron chi connectivity index (χ4n) is 1.64. The average Bonchev–Trinajstić information content (AvgIpc) is 2.45. The predicted molar refractivity (Wildman–Crippen MR) is 71.4 cm³/mol. The summed E-state index contributed by atoms with van der Waals surface area (Å²) in [5, 5.41) is 8.76. The minimum atomic E-state index is -0.435. The molecule has 0 amide bonds. The van der Waals surface area contributed by atoms with Crippen LogP contribution in [0, 0.1) is 17.1 Å². The highest BCUT2D eigenvalue weighted by molar-refractivity contribution is 6.17. The second-order valence-electron chi connectivity index (χ2n) is 4.03. The summed E-state index contributed by atoms with van der Waals surface area (Å²) in [7, 11) is 0. The van der Waals surface area contributed by atoms with Gasteiger partial charge in [0, 0.05) is 5.88 Å². The fraction of sp³-hybridized carbons (Fsp3) is 0.133. The molecule has 2 aromatic carbocycles. The summed E-state index contributed by atoms with van der Waals surface area (Å²) >= 11 is 5.69. The standard InChI is InChI=1S/C15H11ClFNO/c16-8-11-1-3-15(4-2-11)19-10-13-5-12(9-18)6-14(17)7-13/h1-7H,8,10H2. The molecule has 0 fully saturated rings. The molecule has 2 rings (SSSR count). The first-order valence-electron chi connectivity index (χ1n) is 5.68. The number of nitriles is 1. The van der Waals surface area contributed by atoms with Crippen LogP contribution in [0.5, 0.6) is 5.75 Å². The van der Waals surface area contributed by atoms with E-state index in [1.807, 2.05) is 30.3 Å². The molecule has 0 aliphatic rings. The normalized spacial score (nSPS) is 9.95. The molecule has 0 N–H and O–H groups in total. The molecule has 0 unspecified atom stereocenters. The summed E-state index contributed by atoms with van der Waals surface area (Å²) in [6, 6.07) is 13.4. The molecule has 0 bridgehead atoms. The van der Waals surface area contributed by atoms with Gasteiger partial charge in [-0.05, 0) is 41.5 Å². The van der Waals surface area contributed by atoms with E-state index in [1.54, 1.807) is 6.07 Å². The Kier molecular flexibility index (Phi) is 4.38. The van der Waals surface area contributed by atoms with Gasteiger partial charge in [0.25, 0.3) is 0 Å². The van der Waals surface area contributed by atoms with E-state index in [9.17, 15) is 4.39 Å². The van der Waals surface area contributed by atoms with Crippen molar-refractivity contribution < 1.29 is 9.13 Å². The van der Waals surface area contributed by atoms with Crippen LogP contribution in [0.2, 0.25) is 0 Å². The van der Waals surface area contributed by atoms with Gasteiger partial charge in [0.1, 0.15) is 18.2 Å². The first kappa shape index (κ1) is 13.4. The second-order valence-corrected chi connectivity index (χ2v) is 4.29. The van der Waals surface area contributed by atoms with Crippen molar-refractivity contribution in [3.63, 3.8) is 0 Å². The van der Waals surface area contributed by atoms with Gasteiger partial charge < -0.3 is 4.74 Å². The Morgan fingerprint density at radius 3 is 2.47 bits per heavy atom. The fourth-order valence-corrected chi connectivity index (χ4v) is 1.82. The second kappa shape index (κ2) is 6.21. The Hall–Kier alpha value is -2.05. The van der Waals surface area contributed by atoms with Gasteiger partial charge in [-0.1, -0.05) is 12.1 Å². The molecule has 0 aromatic heterocycles. The van der Waals surface area contributed by atoms with Crippen molar-refractivity contribution in [3.8, 4) is 11.8 Å². The van der Waals surface area contributed by atoms with Crippen LogP contribution < -0.4 is 4.74 Å². The van der Waals surface area contributed by atoms with E-state index >= 15 is 0 Å². The minimum absolute atomic E-state index is 0.215. The average molecular weight is 276 g/mol. The van der Waals surface area contributed by atoms with E-state index in [1.165, 1.54) is 12.1 Å². The Labute approximate surface area is 116 Å². The monoisotopic (exact) mass is 275 g/mol. The van der Waals surface area contributed by atoms with Crippen LogP contribution in [0.25, 0.3) is 0 Å². The summed E-state index contributed by atoms with van der Waals surface area (Å²) < 4.78 is 18.7. The summed E-state index contributed by atoms with van der Waals surface area (Å²) in [5.41, 5.74) is 1.92. The molecule has 0 heterocycles. The quantitative estimate of drug-likeness (QED) is 0.790. The molecule has 96 valence electrons. The van der Waals surface area contributed by atoms with Crippen LogP contribution in [0.15, 0.2) is 42.5 Å². The zero-order chi connectivity index (χ0) is 13.7. The third-order valence-electron chi connectivity index (χ3n) is 2.57. The van der Waals surface area contributed by atoms with Crippen molar-refractivity contribution in [1.29, 1.82) is 5.26 Å². The van der Waals surface area contributed by atoms with Gasteiger partial charge in [0.15, 0.2) is 0 Å². The topological polar surface area (TPSA) is 33.0 Å². The van der Waals surface area contributed by atoms with Crippen molar-refractivity contribution in [3.05, 3.63) is 65.0 Å². The highest BCUT2D eigenvalue weighted by Crippen LogP contribution is 2.16. The van der Waals surface area contributed by atoms with Crippen LogP contribution in [0.3, 0.4) is 0 Å². The van der Waals surface area contributed by atoms with Gasteiger partial charge in [-0.25, -0.2) is 4.39 Å². The van der Waals surface area contributed by atoms with Gasteiger partial charge in [-0.3, -0.25) is 0 Å². The number of hydrogen-bond donors (Lipinski definition) is 0. The minimum Gasteiger partial charge on any atom is -0.489 e. The number of rotatable bonds is 4. The SMILES string of the molecule is N#Cc1cc(F)cc(COc2ccc(CCl)cc2)c1. The van der Waals surface area contributed by atoms with Gasteiger partial charge in [0.05, 0.1) is 11.6 Å². The van der Waals surface area contributed by atoms with E-state index in [-0.39, 0.29) is 12.2 Å². The Balaban J connectivity index is 2.05. The third-order valence-corrected chi connectivity index (χ3v) is 2.88. The maximum atomic E-state index is 13.2. The Bertz CT molecular complexity index is 605. The molecule has 0 aliphatic carbocycles. The molecular weight excluding hydrogens is 265 g/mol. The Morgan fingerprint density at radius 2 is 1.84 bits per heavy atom. The molecular formula is C15H11ClFNO. The highest BCUT2D eigenvalue weighted by Gasteiger charge is 2.02. The van der Waals surface area contributed by atoms with E-state index < -0.39 is 5.82 Å². The van der Waals surface area contributed by atoms with Crippen molar-refractivity contribution >= 4 is 11.6 Å². The number of halogens is 2. The maximum absolute atomic E-state index is 13.2. The summed E-state index contributed by atoms with van der Waals surface area (Å²) in [6.45, 7) is 0.215. The summed E-state index contributed by atoms with van der Waals surface area (Å²) in [4.78, 5) is 0. The lowest BCUT2D eigenvalue weighted by Gasteiger charge is -2.07. The van der Waals surface area contributed by atoms with Crippen LogP contribution in [-0.2, 0) is 12.5 Å². The van der Waals surface area contributed by atoms with E-state index in [2.05, 4.69) is 0 Å². The van der Waals surface area contributed by atoms with Gasteiger partial charge in [-0.15, -0.1) is 11.6 Å². The predicted octanol–water partition coefficient (Wildman–Crippen LogP) is 4.02. The van der Waals surface area contributed by atoms with Crippen LogP contribution in [0.4, 0.5) is 4.39 Å². The maximum Gasteiger partial charge on any atom is 0.124 e. The molecule has 4 heteroatoms. The molecule has 19 heavy (non-hydrogen) atoms. The van der Waals surface area contributed by atoms with Crippen molar-refractivity contribution in [1.82, 2.24) is 0 Å². The molecule has 0 saturated carbocycles. The van der Waals surface area contributed by atoms with Crippen molar-refractivity contribution in [2.75, 3.05) is 0 Å². The van der Waals surface area contributed by atoms with E-state index in [0.29, 0.717) is 17.2 Å². The van der Waals surface area contributed by atoms with Gasteiger partial charge in [0.2, 0.25) is 0 Å². The largest absolute Gasteiger partial charge is 0.489 e. The van der Waals surface area contributed by atoms with Gasteiger partial charge in [-0.2, -0.15) is 5.26 Å². The summed E-state index contributed by atoms with van der Waals surface area (Å²) in [6.07, 6.45) is 0. The lowest BCUT2D eigenvalue weighted by atomic mass is 10.1. The molecule has 0 radical (unpaired) electrons. The number of ether oxygens (including phenoxy) is 1. The third kappa shape index (κ3) is 3.70. The molecule has 0 saturated heterocycles. The van der Waals surface area contributed by atoms with Crippen molar-refractivity contribution in [2.45, 2.75) is 12.5 Å². The first-order chi connectivity index (χ1) is 9.21. The van der Waals surface area contributed by atoms with E-state index in [4.69, 9.17) is 21.6 Å². The lowest BCUT2D eigenvalue weighted by molar-refractivity contribution is 0.305. The zero-order valence-corrected chi connectivity index (χ0v) is 10.8. The molecule has 0 atom stereocenters. The number of alkyl halides is 1. The number of nitrogens with zero attached hydrogens (tertiary/aromatic N) is 1. The molecule has 0 aliphatic heterocycles. The number of hydrogen-bond acceptors (Lipinski definition) is 2. The zero-order valence-electron chi connectivity index (χ0n) is 10.1. The van der Waals surface area contributed by atoms with Crippen LogP contribution in [-0.4, -0.2) is 0 Å². The molecule has 0 spiro atoms. The van der Waals surface area contributed by atoms with Crippen molar-refractivity contribution in [2.24, 2.45) is 0 Å². The molecule has 2 aromatic rings. The number of benzene rings is 2. The highest BCUT2D eigenvalue weighted by atomic mass is 35.5. The Morgan fingerprint density at radius 1 is 1.11 bits per heavy atom. The van der Waals surface area contributed by atoms with Crippen LogP contribution in [0.1, 0.15) is 16.7 Å². The lowest BCUT2D eigenvalue weighted by Crippen LogP contribution is -1.97. The molecule has 2 nitrogen and oxygen atoms in total. The first-order valence-corrected chi connectivity index (χ1v) is 6.22. The van der Waals surface area contributed by atoms with Gasteiger partial charge >= 0.3 is 0 Å². The van der Waals surface area contributed by atoms with Crippen LogP contribution >= 0.6 is 11.6 Å². The van der Waals surface area contributed by atoms with E-state index in [0.717, 1.165) is 5.56 Å².